The van der Waals surface area contributed by atoms with E-state index < -0.39 is 0 Å². The lowest BCUT2D eigenvalue weighted by Gasteiger charge is -2.33. The summed E-state index contributed by atoms with van der Waals surface area (Å²) in [4.78, 5) is 2.42. The lowest BCUT2D eigenvalue weighted by atomic mass is 10.1. The van der Waals surface area contributed by atoms with Gasteiger partial charge in [0.2, 0.25) is 0 Å². The van der Waals surface area contributed by atoms with Gasteiger partial charge in [0.05, 0.1) is 18.0 Å². The number of likely N-dealkylation sites (tertiary alicyclic amines) is 1. The fraction of sp³-hybridized carbons (Fsp3) is 0.389. The van der Waals surface area contributed by atoms with E-state index in [1.807, 2.05) is 12.1 Å². The van der Waals surface area contributed by atoms with Gasteiger partial charge in [-0.15, -0.1) is 0 Å². The number of hydrogen-bond donors (Lipinski definition) is 2. The van der Waals surface area contributed by atoms with Crippen LogP contribution in [0.4, 0.5) is 10.1 Å². The Kier molecular flexibility index (Phi) is 5.82. The zero-order valence-electron chi connectivity index (χ0n) is 13.5. The van der Waals surface area contributed by atoms with Crippen LogP contribution >= 0.6 is 12.2 Å². The summed E-state index contributed by atoms with van der Waals surface area (Å²) < 4.78 is 19.3. The lowest BCUT2D eigenvalue weighted by molar-refractivity contribution is 0.146. The standard InChI is InChI=1S/C18H22FN3OS/c19-14-7-2-3-8-15(14)21-18(24)20-13-16(17-9-6-12-23-17)22-10-4-1-5-11-22/h2-3,6-9,12,16H,1,4-5,10-11,13H2,(H2,20,21,24)/t16-/m1/s1. The highest BCUT2D eigenvalue weighted by atomic mass is 32.1. The number of piperidine rings is 1. The van der Waals surface area contributed by atoms with Crippen molar-refractivity contribution in [3.63, 3.8) is 0 Å². The highest BCUT2D eigenvalue weighted by molar-refractivity contribution is 7.80. The van der Waals surface area contributed by atoms with E-state index in [1.54, 1.807) is 24.5 Å². The van der Waals surface area contributed by atoms with E-state index >= 15 is 0 Å². The van der Waals surface area contributed by atoms with Crippen LogP contribution in [0.15, 0.2) is 47.1 Å². The van der Waals surface area contributed by atoms with Gasteiger partial charge in [-0.3, -0.25) is 4.90 Å². The van der Waals surface area contributed by atoms with Crippen molar-refractivity contribution < 1.29 is 8.81 Å². The molecular weight excluding hydrogens is 325 g/mol. The Morgan fingerprint density at radius 1 is 1.17 bits per heavy atom. The SMILES string of the molecule is Fc1ccccc1NC(=S)NC[C@H](c1ccco1)N1CCCCC1. The summed E-state index contributed by atoms with van der Waals surface area (Å²) in [5.74, 6) is 0.610. The van der Waals surface area contributed by atoms with Crippen molar-refractivity contribution in [3.05, 3.63) is 54.2 Å². The third kappa shape index (κ3) is 4.33. The predicted molar refractivity (Wildman–Crippen MR) is 97.5 cm³/mol. The molecule has 1 atom stereocenters. The molecule has 0 aliphatic carbocycles. The normalized spacial score (nSPS) is 16.5. The minimum absolute atomic E-state index is 0.126. The van der Waals surface area contributed by atoms with E-state index in [1.165, 1.54) is 25.3 Å². The van der Waals surface area contributed by atoms with E-state index in [4.69, 9.17) is 16.6 Å². The lowest BCUT2D eigenvalue weighted by Crippen LogP contribution is -2.41. The fourth-order valence-electron chi connectivity index (χ4n) is 3.04. The van der Waals surface area contributed by atoms with E-state index in [0.717, 1.165) is 18.8 Å². The molecule has 3 rings (SSSR count). The summed E-state index contributed by atoms with van der Waals surface area (Å²) in [6.45, 7) is 2.73. The molecule has 0 radical (unpaired) electrons. The number of benzene rings is 1. The number of halogens is 1. The first-order valence-corrected chi connectivity index (χ1v) is 8.72. The number of furan rings is 1. The van der Waals surface area contributed by atoms with Gasteiger partial charge in [0, 0.05) is 6.54 Å². The van der Waals surface area contributed by atoms with Gasteiger partial charge < -0.3 is 15.1 Å². The van der Waals surface area contributed by atoms with Crippen LogP contribution in [0, 0.1) is 5.82 Å². The first-order valence-electron chi connectivity index (χ1n) is 8.31. The smallest absolute Gasteiger partial charge is 0.170 e. The molecule has 0 amide bonds. The molecule has 2 heterocycles. The Bertz CT molecular complexity index is 656. The molecule has 128 valence electrons. The van der Waals surface area contributed by atoms with Crippen molar-refractivity contribution in [2.24, 2.45) is 0 Å². The van der Waals surface area contributed by atoms with Gasteiger partial charge >= 0.3 is 0 Å². The first kappa shape index (κ1) is 16.9. The average Bonchev–Trinajstić information content (AvgIpc) is 3.12. The van der Waals surface area contributed by atoms with E-state index in [0.29, 0.717) is 17.3 Å². The quantitative estimate of drug-likeness (QED) is 0.802. The molecule has 0 spiro atoms. The van der Waals surface area contributed by atoms with Gasteiger partial charge in [-0.2, -0.15) is 0 Å². The Labute approximate surface area is 147 Å². The Hall–Kier alpha value is -1.92. The molecule has 1 aliphatic heterocycles. The van der Waals surface area contributed by atoms with E-state index in [-0.39, 0.29) is 11.9 Å². The number of thiocarbonyl (C=S) groups is 1. The van der Waals surface area contributed by atoms with Crippen molar-refractivity contribution in [1.82, 2.24) is 10.2 Å². The molecule has 0 saturated carbocycles. The van der Waals surface area contributed by atoms with Crippen molar-refractivity contribution in [3.8, 4) is 0 Å². The van der Waals surface area contributed by atoms with Gasteiger partial charge in [-0.05, 0) is 62.4 Å². The van der Waals surface area contributed by atoms with Gasteiger partial charge in [-0.1, -0.05) is 18.6 Å². The molecule has 6 heteroatoms. The first-order chi connectivity index (χ1) is 11.7. The van der Waals surface area contributed by atoms with Crippen LogP contribution in [0.25, 0.3) is 0 Å². The summed E-state index contributed by atoms with van der Waals surface area (Å²) in [5, 5.41) is 6.52. The Morgan fingerprint density at radius 3 is 2.67 bits per heavy atom. The maximum absolute atomic E-state index is 13.7. The molecule has 4 nitrogen and oxygen atoms in total. The number of nitrogens with zero attached hydrogens (tertiary/aromatic N) is 1. The zero-order chi connectivity index (χ0) is 16.8. The van der Waals surface area contributed by atoms with Crippen molar-refractivity contribution in [1.29, 1.82) is 0 Å². The van der Waals surface area contributed by atoms with Crippen LogP contribution in [0.5, 0.6) is 0 Å². The zero-order valence-corrected chi connectivity index (χ0v) is 14.3. The van der Waals surface area contributed by atoms with E-state index in [9.17, 15) is 4.39 Å². The van der Waals surface area contributed by atoms with Gasteiger partial charge in [0.1, 0.15) is 11.6 Å². The molecule has 1 aromatic heterocycles. The van der Waals surface area contributed by atoms with Crippen LogP contribution in [0.1, 0.15) is 31.1 Å². The highest BCUT2D eigenvalue weighted by Crippen LogP contribution is 2.24. The van der Waals surface area contributed by atoms with Crippen LogP contribution in [0.3, 0.4) is 0 Å². The minimum Gasteiger partial charge on any atom is -0.468 e. The van der Waals surface area contributed by atoms with E-state index in [2.05, 4.69) is 15.5 Å². The highest BCUT2D eigenvalue weighted by Gasteiger charge is 2.24. The molecule has 2 N–H and O–H groups in total. The van der Waals surface area contributed by atoms with Crippen LogP contribution in [0.2, 0.25) is 0 Å². The Balaban J connectivity index is 1.61. The third-order valence-corrected chi connectivity index (χ3v) is 4.53. The largest absolute Gasteiger partial charge is 0.468 e. The summed E-state index contributed by atoms with van der Waals surface area (Å²) in [6, 6.07) is 10.5. The molecule has 0 unspecified atom stereocenters. The maximum Gasteiger partial charge on any atom is 0.170 e. The second-order valence-electron chi connectivity index (χ2n) is 5.94. The summed E-state index contributed by atoms with van der Waals surface area (Å²) in [5.41, 5.74) is 0.377. The second-order valence-corrected chi connectivity index (χ2v) is 6.35. The van der Waals surface area contributed by atoms with Gasteiger partial charge in [0.25, 0.3) is 0 Å². The summed E-state index contributed by atoms with van der Waals surface area (Å²) in [6.07, 6.45) is 5.38. The fourth-order valence-corrected chi connectivity index (χ4v) is 3.23. The van der Waals surface area contributed by atoms with Gasteiger partial charge in [0.15, 0.2) is 5.11 Å². The molecule has 24 heavy (non-hydrogen) atoms. The van der Waals surface area contributed by atoms with Crippen molar-refractivity contribution in [2.45, 2.75) is 25.3 Å². The van der Waals surface area contributed by atoms with Crippen molar-refractivity contribution in [2.75, 3.05) is 25.0 Å². The number of hydrogen-bond acceptors (Lipinski definition) is 3. The molecule has 2 aromatic rings. The summed E-state index contributed by atoms with van der Waals surface area (Å²) in [7, 11) is 0. The second kappa shape index (κ2) is 8.26. The number of nitrogens with one attached hydrogen (secondary N) is 2. The number of anilines is 1. The topological polar surface area (TPSA) is 40.4 Å². The van der Waals surface area contributed by atoms with Crippen LogP contribution in [-0.4, -0.2) is 29.6 Å². The molecule has 0 bridgehead atoms. The molecule has 1 aromatic carbocycles. The minimum atomic E-state index is -0.319. The monoisotopic (exact) mass is 347 g/mol. The number of para-hydroxylation sites is 1. The maximum atomic E-state index is 13.7. The Morgan fingerprint density at radius 2 is 1.96 bits per heavy atom. The molecule has 1 fully saturated rings. The summed E-state index contributed by atoms with van der Waals surface area (Å²) >= 11 is 5.31. The van der Waals surface area contributed by atoms with Crippen LogP contribution in [-0.2, 0) is 0 Å². The van der Waals surface area contributed by atoms with Gasteiger partial charge in [-0.25, -0.2) is 4.39 Å². The van der Waals surface area contributed by atoms with Crippen molar-refractivity contribution >= 4 is 23.0 Å². The third-order valence-electron chi connectivity index (χ3n) is 4.28. The number of rotatable bonds is 5. The molecule has 1 aliphatic rings. The van der Waals surface area contributed by atoms with Crippen LogP contribution < -0.4 is 10.6 Å². The molecule has 1 saturated heterocycles. The molecular formula is C18H22FN3OS. The average molecular weight is 347 g/mol. The predicted octanol–water partition coefficient (Wildman–Crippen LogP) is 3.93.